The van der Waals surface area contributed by atoms with Crippen LogP contribution in [0.2, 0.25) is 0 Å². The molecule has 94 valence electrons. The van der Waals surface area contributed by atoms with Crippen molar-refractivity contribution in [1.82, 2.24) is 15.1 Å². The molecular weight excluding hydrogens is 202 g/mol. The van der Waals surface area contributed by atoms with Crippen LogP contribution in [0.25, 0.3) is 0 Å². The molecule has 1 aliphatic heterocycles. The first-order valence-corrected chi connectivity index (χ1v) is 6.26. The van der Waals surface area contributed by atoms with Gasteiger partial charge in [-0.25, -0.2) is 0 Å². The Morgan fingerprint density at radius 1 is 1.38 bits per heavy atom. The van der Waals surface area contributed by atoms with E-state index in [0.29, 0.717) is 12.5 Å². The first-order valence-electron chi connectivity index (χ1n) is 6.26. The minimum absolute atomic E-state index is 0.246. The molecule has 4 heteroatoms. The van der Waals surface area contributed by atoms with Crippen LogP contribution in [0.15, 0.2) is 0 Å². The Bertz CT molecular complexity index is 210. The van der Waals surface area contributed by atoms with E-state index in [2.05, 4.69) is 24.1 Å². The van der Waals surface area contributed by atoms with Gasteiger partial charge >= 0.3 is 0 Å². The predicted octanol–water partition coefficient (Wildman–Crippen LogP) is 0.396. The molecule has 0 aliphatic carbocycles. The minimum atomic E-state index is 0.246. The van der Waals surface area contributed by atoms with Crippen molar-refractivity contribution in [1.29, 1.82) is 0 Å². The number of carbonyl (C=O) groups is 1. The summed E-state index contributed by atoms with van der Waals surface area (Å²) in [5.41, 5.74) is 0. The summed E-state index contributed by atoms with van der Waals surface area (Å²) >= 11 is 0. The molecule has 0 spiro atoms. The molecule has 1 saturated heterocycles. The summed E-state index contributed by atoms with van der Waals surface area (Å²) in [6.07, 6.45) is 1.14. The smallest absolute Gasteiger partial charge is 0.236 e. The van der Waals surface area contributed by atoms with Gasteiger partial charge in [0.25, 0.3) is 0 Å². The molecule has 4 nitrogen and oxygen atoms in total. The van der Waals surface area contributed by atoms with E-state index in [1.54, 1.807) is 0 Å². The summed E-state index contributed by atoms with van der Waals surface area (Å²) in [4.78, 5) is 16.0. The number of amides is 1. The fourth-order valence-corrected chi connectivity index (χ4v) is 2.02. The minimum Gasteiger partial charge on any atom is -0.344 e. The summed E-state index contributed by atoms with van der Waals surface area (Å²) in [6.45, 7) is 9.80. The van der Waals surface area contributed by atoms with Crippen molar-refractivity contribution in [3.8, 4) is 0 Å². The highest BCUT2D eigenvalue weighted by Gasteiger charge is 2.15. The van der Waals surface area contributed by atoms with Crippen LogP contribution >= 0.6 is 0 Å². The topological polar surface area (TPSA) is 35.6 Å². The van der Waals surface area contributed by atoms with Gasteiger partial charge in [0.15, 0.2) is 0 Å². The van der Waals surface area contributed by atoms with Crippen LogP contribution in [0.3, 0.4) is 0 Å². The van der Waals surface area contributed by atoms with Gasteiger partial charge in [0.1, 0.15) is 0 Å². The molecule has 0 aromatic heterocycles. The Kier molecular flexibility index (Phi) is 5.77. The zero-order chi connectivity index (χ0) is 12.0. The maximum atomic E-state index is 11.9. The molecule has 0 radical (unpaired) electrons. The van der Waals surface area contributed by atoms with Gasteiger partial charge in [-0.3, -0.25) is 9.69 Å². The van der Waals surface area contributed by atoms with Crippen molar-refractivity contribution in [3.63, 3.8) is 0 Å². The lowest BCUT2D eigenvalue weighted by Crippen LogP contribution is -2.41. The Labute approximate surface area is 99.0 Å². The molecule has 0 saturated carbocycles. The van der Waals surface area contributed by atoms with Crippen LogP contribution in [0, 0.1) is 5.92 Å². The summed E-state index contributed by atoms with van der Waals surface area (Å²) in [5.74, 6) is 0.787. The van der Waals surface area contributed by atoms with Gasteiger partial charge in [-0.15, -0.1) is 0 Å². The lowest BCUT2D eigenvalue weighted by molar-refractivity contribution is -0.131. The molecule has 0 unspecified atom stereocenters. The van der Waals surface area contributed by atoms with Gasteiger partial charge < -0.3 is 10.2 Å². The summed E-state index contributed by atoms with van der Waals surface area (Å²) < 4.78 is 0. The van der Waals surface area contributed by atoms with Crippen molar-refractivity contribution in [3.05, 3.63) is 0 Å². The van der Waals surface area contributed by atoms with Crippen LogP contribution in [-0.4, -0.2) is 62.0 Å². The van der Waals surface area contributed by atoms with Gasteiger partial charge in [0.05, 0.1) is 6.54 Å². The van der Waals surface area contributed by atoms with Crippen molar-refractivity contribution >= 4 is 5.91 Å². The van der Waals surface area contributed by atoms with Crippen LogP contribution in [0.4, 0.5) is 0 Å². The fraction of sp³-hybridized carbons (Fsp3) is 0.917. The van der Waals surface area contributed by atoms with Crippen LogP contribution < -0.4 is 5.32 Å². The molecule has 1 amide bonds. The largest absolute Gasteiger partial charge is 0.344 e. The molecule has 16 heavy (non-hydrogen) atoms. The Morgan fingerprint density at radius 2 is 2.12 bits per heavy atom. The Hall–Kier alpha value is -0.610. The highest BCUT2D eigenvalue weighted by Crippen LogP contribution is 2.00. The first kappa shape index (κ1) is 13.5. The highest BCUT2D eigenvalue weighted by atomic mass is 16.2. The van der Waals surface area contributed by atoms with Crippen molar-refractivity contribution in [2.75, 3.05) is 46.3 Å². The Morgan fingerprint density at radius 3 is 2.81 bits per heavy atom. The fourth-order valence-electron chi connectivity index (χ4n) is 2.02. The van der Waals surface area contributed by atoms with Crippen LogP contribution in [0.5, 0.6) is 0 Å². The lowest BCUT2D eigenvalue weighted by atomic mass is 10.2. The predicted molar refractivity (Wildman–Crippen MR) is 66.4 cm³/mol. The van der Waals surface area contributed by atoms with E-state index in [0.717, 1.165) is 39.1 Å². The molecule has 1 rings (SSSR count). The van der Waals surface area contributed by atoms with Gasteiger partial charge in [-0.2, -0.15) is 0 Å². The molecule has 1 fully saturated rings. The quantitative estimate of drug-likeness (QED) is 0.755. The number of nitrogens with zero attached hydrogens (tertiary/aromatic N) is 2. The normalized spacial score (nSPS) is 18.5. The molecule has 1 N–H and O–H groups in total. The SMILES string of the molecule is CC(C)CN(C)C(=O)CN1CCCNCC1. The number of rotatable bonds is 4. The van der Waals surface area contributed by atoms with E-state index in [1.165, 1.54) is 0 Å². The summed E-state index contributed by atoms with van der Waals surface area (Å²) in [7, 11) is 1.90. The molecule has 0 aromatic rings. The highest BCUT2D eigenvalue weighted by molar-refractivity contribution is 5.77. The third-order valence-corrected chi connectivity index (χ3v) is 2.86. The van der Waals surface area contributed by atoms with Gasteiger partial charge in [0.2, 0.25) is 5.91 Å². The average molecular weight is 227 g/mol. The number of carbonyl (C=O) groups excluding carboxylic acids is 1. The Balaban J connectivity index is 2.31. The lowest BCUT2D eigenvalue weighted by Gasteiger charge is -2.24. The van der Waals surface area contributed by atoms with Crippen LogP contribution in [0.1, 0.15) is 20.3 Å². The third-order valence-electron chi connectivity index (χ3n) is 2.86. The molecule has 1 heterocycles. The maximum Gasteiger partial charge on any atom is 0.236 e. The number of hydrogen-bond acceptors (Lipinski definition) is 3. The molecule has 1 aliphatic rings. The first-order chi connectivity index (χ1) is 7.59. The number of likely N-dealkylation sites (N-methyl/N-ethyl adjacent to an activating group) is 1. The van der Waals surface area contributed by atoms with Crippen molar-refractivity contribution in [2.45, 2.75) is 20.3 Å². The van der Waals surface area contributed by atoms with Gasteiger partial charge in [-0.1, -0.05) is 13.8 Å². The average Bonchev–Trinajstić information content (AvgIpc) is 2.45. The van der Waals surface area contributed by atoms with Gasteiger partial charge in [0, 0.05) is 26.7 Å². The second kappa shape index (κ2) is 6.86. The molecule has 0 bridgehead atoms. The van der Waals surface area contributed by atoms with E-state index in [4.69, 9.17) is 0 Å². The monoisotopic (exact) mass is 227 g/mol. The van der Waals surface area contributed by atoms with E-state index in [-0.39, 0.29) is 5.91 Å². The third kappa shape index (κ3) is 4.94. The summed E-state index contributed by atoms with van der Waals surface area (Å²) in [6, 6.07) is 0. The van der Waals surface area contributed by atoms with E-state index in [1.807, 2.05) is 11.9 Å². The van der Waals surface area contributed by atoms with Gasteiger partial charge in [-0.05, 0) is 25.4 Å². The number of hydrogen-bond donors (Lipinski definition) is 1. The second-order valence-electron chi connectivity index (χ2n) is 5.05. The maximum absolute atomic E-state index is 11.9. The van der Waals surface area contributed by atoms with Crippen molar-refractivity contribution in [2.24, 2.45) is 5.92 Å². The second-order valence-corrected chi connectivity index (χ2v) is 5.05. The van der Waals surface area contributed by atoms with Crippen LogP contribution in [-0.2, 0) is 4.79 Å². The van der Waals surface area contributed by atoms with E-state index in [9.17, 15) is 4.79 Å². The molecule has 0 atom stereocenters. The van der Waals surface area contributed by atoms with E-state index < -0.39 is 0 Å². The summed E-state index contributed by atoms with van der Waals surface area (Å²) in [5, 5.41) is 3.35. The molecule has 0 aromatic carbocycles. The number of nitrogens with one attached hydrogen (secondary N) is 1. The standard InChI is InChI=1S/C12H25N3O/c1-11(2)9-14(3)12(16)10-15-7-4-5-13-6-8-15/h11,13H,4-10H2,1-3H3. The molecular formula is C12H25N3O. The zero-order valence-corrected chi connectivity index (χ0v) is 10.8. The van der Waals surface area contributed by atoms with E-state index >= 15 is 0 Å². The van der Waals surface area contributed by atoms with Crippen molar-refractivity contribution < 1.29 is 4.79 Å². The zero-order valence-electron chi connectivity index (χ0n) is 10.8.